The lowest BCUT2D eigenvalue weighted by atomic mass is 9.95. The zero-order valence-electron chi connectivity index (χ0n) is 25.6. The van der Waals surface area contributed by atoms with Crippen LogP contribution in [0.3, 0.4) is 0 Å². The molecule has 0 radical (unpaired) electrons. The Morgan fingerprint density at radius 3 is 2.40 bits per heavy atom. The normalized spacial score (nSPS) is 25.4. The fourth-order valence-electron chi connectivity index (χ4n) is 5.92. The van der Waals surface area contributed by atoms with Crippen molar-refractivity contribution in [2.24, 2.45) is 5.92 Å². The second-order valence-electron chi connectivity index (χ2n) is 11.9. The molecule has 2 aromatic rings. The van der Waals surface area contributed by atoms with Crippen molar-refractivity contribution in [2.45, 2.75) is 89.6 Å². The molecule has 2 aromatic carbocycles. The van der Waals surface area contributed by atoms with E-state index in [1.165, 1.54) is 31.0 Å². The van der Waals surface area contributed by atoms with E-state index in [-0.39, 0.29) is 36.0 Å². The first-order chi connectivity index (χ1) is 20.6. The average molecular weight is 595 g/mol. The Balaban J connectivity index is 1.66. The molecule has 10 heteroatoms. The van der Waals surface area contributed by atoms with Crippen molar-refractivity contribution in [3.8, 4) is 11.5 Å². The number of carbonyl (C=O) groups is 3. The molecule has 0 aromatic heterocycles. The molecule has 0 aliphatic carbocycles. The second-order valence-corrected chi connectivity index (χ2v) is 11.9. The number of likely N-dealkylation sites (N-methyl/N-ethyl adjacent to an activating group) is 1. The fraction of sp³-hybridized carbons (Fsp3) is 0.545. The van der Waals surface area contributed by atoms with Crippen molar-refractivity contribution in [1.29, 1.82) is 0 Å². The number of nitrogens with zero attached hydrogens (tertiary/aromatic N) is 1. The van der Waals surface area contributed by atoms with E-state index in [4.69, 9.17) is 4.74 Å². The van der Waals surface area contributed by atoms with Gasteiger partial charge in [0.1, 0.15) is 29.7 Å². The van der Waals surface area contributed by atoms with Crippen molar-refractivity contribution in [3.63, 3.8) is 0 Å². The summed E-state index contributed by atoms with van der Waals surface area (Å²) in [5.41, 5.74) is 2.99. The van der Waals surface area contributed by atoms with Gasteiger partial charge in [0.05, 0.1) is 12.1 Å². The first kappa shape index (κ1) is 32.3. The summed E-state index contributed by atoms with van der Waals surface area (Å²) in [6.45, 7) is 6.32. The number of aryl methyl sites for hydroxylation is 2. The number of benzene rings is 2. The third-order valence-electron chi connectivity index (χ3n) is 8.66. The molecule has 2 heterocycles. The molecular weight excluding hydrogens is 548 g/mol. The lowest BCUT2D eigenvalue weighted by molar-refractivity contribution is -0.146. The molecule has 10 nitrogen and oxygen atoms in total. The zero-order chi connectivity index (χ0) is 31.1. The number of aliphatic hydroxyl groups excluding tert-OH is 1. The number of rotatable bonds is 5. The number of carbonyl (C=O) groups excluding carboxylic acids is 3. The Labute approximate surface area is 254 Å². The summed E-state index contributed by atoms with van der Waals surface area (Å²) >= 11 is 0. The Morgan fingerprint density at radius 2 is 1.72 bits per heavy atom. The highest BCUT2D eigenvalue weighted by Gasteiger charge is 2.38. The summed E-state index contributed by atoms with van der Waals surface area (Å²) in [6, 6.07) is 9.84. The minimum absolute atomic E-state index is 0.0438. The number of aliphatic hydroxyl groups is 1. The van der Waals surface area contributed by atoms with Crippen LogP contribution in [-0.2, 0) is 33.6 Å². The summed E-state index contributed by atoms with van der Waals surface area (Å²) in [4.78, 5) is 42.3. The number of ether oxygens (including phenoxy) is 1. The van der Waals surface area contributed by atoms with Gasteiger partial charge in [-0.2, -0.15) is 0 Å². The molecule has 3 unspecified atom stereocenters. The van der Waals surface area contributed by atoms with Gasteiger partial charge in [0.15, 0.2) is 0 Å². The largest absolute Gasteiger partial charge is 0.508 e. The third-order valence-corrected chi connectivity index (χ3v) is 8.66. The molecule has 5 N–H and O–H groups in total. The number of phenols is 1. The molecule has 0 fully saturated rings. The zero-order valence-corrected chi connectivity index (χ0v) is 25.6. The van der Waals surface area contributed by atoms with Gasteiger partial charge in [-0.05, 0) is 67.3 Å². The minimum Gasteiger partial charge on any atom is -0.508 e. The maximum atomic E-state index is 13.9. The Morgan fingerprint density at radius 1 is 1.02 bits per heavy atom. The van der Waals surface area contributed by atoms with Crippen molar-refractivity contribution in [2.75, 3.05) is 20.1 Å². The molecule has 0 saturated heterocycles. The molecule has 3 amide bonds. The minimum atomic E-state index is -1.21. The van der Waals surface area contributed by atoms with Crippen molar-refractivity contribution in [3.05, 3.63) is 59.2 Å². The molecule has 2 aliphatic heterocycles. The standard InChI is InChI=1S/C33H46N4O6/c1-5-20(2)28-33(42)37(4)29(21(3)38)32(41)36-27(18-22-11-14-25(39)15-12-22)31(40)34-17-7-10-23-8-6-9-24-13-16-26(19-35-28)43-30(23)24/h6,8-9,11-12,14-15,20-21,26-29,35,38-39H,5,7,10,13,16-19H2,1-4H3,(H,34,40)(H,36,41)/t20?,21?,26?,27-,28+,29+/m1/s1. The van der Waals surface area contributed by atoms with Crippen LogP contribution in [0.25, 0.3) is 0 Å². The maximum Gasteiger partial charge on any atom is 0.246 e. The van der Waals surface area contributed by atoms with Crippen LogP contribution in [0, 0.1) is 5.92 Å². The van der Waals surface area contributed by atoms with E-state index in [2.05, 4.69) is 28.1 Å². The van der Waals surface area contributed by atoms with Crippen LogP contribution in [0.4, 0.5) is 0 Å². The molecule has 234 valence electrons. The summed E-state index contributed by atoms with van der Waals surface area (Å²) in [5, 5.41) is 29.6. The quantitative estimate of drug-likeness (QED) is 0.357. The number of nitrogens with one attached hydrogen (secondary N) is 3. The number of hydrogen-bond donors (Lipinski definition) is 5. The number of hydrogen-bond acceptors (Lipinski definition) is 7. The van der Waals surface area contributed by atoms with E-state index in [1.54, 1.807) is 12.1 Å². The van der Waals surface area contributed by atoms with E-state index in [0.29, 0.717) is 25.9 Å². The number of aromatic hydroxyl groups is 1. The van der Waals surface area contributed by atoms with E-state index in [1.807, 2.05) is 19.9 Å². The van der Waals surface area contributed by atoms with Crippen LogP contribution in [-0.4, -0.2) is 83.3 Å². The Kier molecular flexibility index (Phi) is 11.0. The van der Waals surface area contributed by atoms with E-state index in [9.17, 15) is 24.6 Å². The summed E-state index contributed by atoms with van der Waals surface area (Å²) in [7, 11) is 1.52. The van der Waals surface area contributed by atoms with Crippen molar-refractivity contribution >= 4 is 17.7 Å². The van der Waals surface area contributed by atoms with Crippen LogP contribution in [0.15, 0.2) is 42.5 Å². The smallest absolute Gasteiger partial charge is 0.246 e. The maximum absolute atomic E-state index is 13.9. The molecule has 6 atom stereocenters. The molecular formula is C33H46N4O6. The Hall–Kier alpha value is -3.63. The summed E-state index contributed by atoms with van der Waals surface area (Å²) in [6.07, 6.45) is 2.67. The SMILES string of the molecule is CCC(C)[C@@H]1NCC2CCc3cccc(c3O2)CCCNC(=O)[C@@H](Cc2ccc(O)cc2)NC(=O)[C@H](C(C)O)N(C)C1=O. The Bertz CT molecular complexity index is 1270. The number of phenolic OH excluding ortho intramolecular Hbond substituents is 1. The highest BCUT2D eigenvalue weighted by Crippen LogP contribution is 2.32. The van der Waals surface area contributed by atoms with Crippen molar-refractivity contribution in [1.82, 2.24) is 20.9 Å². The molecule has 0 saturated carbocycles. The predicted molar refractivity (Wildman–Crippen MR) is 164 cm³/mol. The lowest BCUT2D eigenvalue weighted by Crippen LogP contribution is -2.61. The molecule has 2 bridgehead atoms. The van der Waals surface area contributed by atoms with Gasteiger partial charge in [0.2, 0.25) is 17.7 Å². The monoisotopic (exact) mass is 594 g/mol. The van der Waals surface area contributed by atoms with Crippen LogP contribution >= 0.6 is 0 Å². The van der Waals surface area contributed by atoms with Gasteiger partial charge in [0, 0.05) is 26.6 Å². The summed E-state index contributed by atoms with van der Waals surface area (Å²) < 4.78 is 6.48. The van der Waals surface area contributed by atoms with Gasteiger partial charge in [0.25, 0.3) is 0 Å². The second kappa shape index (κ2) is 14.7. The number of para-hydroxylation sites is 1. The first-order valence-electron chi connectivity index (χ1n) is 15.4. The molecule has 43 heavy (non-hydrogen) atoms. The third kappa shape index (κ3) is 8.06. The predicted octanol–water partition coefficient (Wildman–Crippen LogP) is 2.09. The van der Waals surface area contributed by atoms with Crippen LogP contribution < -0.4 is 20.7 Å². The van der Waals surface area contributed by atoms with Gasteiger partial charge in [-0.1, -0.05) is 50.6 Å². The molecule has 0 spiro atoms. The van der Waals surface area contributed by atoms with Crippen LogP contribution in [0.1, 0.15) is 56.7 Å². The average Bonchev–Trinajstić information content (AvgIpc) is 2.99. The number of fused-ring (bicyclic) bond motifs is 1. The highest BCUT2D eigenvalue weighted by molar-refractivity contribution is 5.93. The lowest BCUT2D eigenvalue weighted by Gasteiger charge is -2.36. The fourth-order valence-corrected chi connectivity index (χ4v) is 5.92. The number of amides is 3. The van der Waals surface area contributed by atoms with E-state index >= 15 is 0 Å². The summed E-state index contributed by atoms with van der Waals surface area (Å²) in [5.74, 6) is -0.356. The van der Waals surface area contributed by atoms with Gasteiger partial charge in [-0.15, -0.1) is 0 Å². The van der Waals surface area contributed by atoms with Crippen LogP contribution in [0.2, 0.25) is 0 Å². The molecule has 4 rings (SSSR count). The first-order valence-corrected chi connectivity index (χ1v) is 15.4. The van der Waals surface area contributed by atoms with Gasteiger partial charge >= 0.3 is 0 Å². The van der Waals surface area contributed by atoms with Gasteiger partial charge < -0.3 is 35.8 Å². The van der Waals surface area contributed by atoms with Gasteiger partial charge in [-0.3, -0.25) is 14.4 Å². The van der Waals surface area contributed by atoms with E-state index in [0.717, 1.165) is 41.7 Å². The topological polar surface area (TPSA) is 140 Å². The molecule has 2 aliphatic rings. The highest BCUT2D eigenvalue weighted by atomic mass is 16.5. The van der Waals surface area contributed by atoms with E-state index < -0.39 is 30.1 Å². The van der Waals surface area contributed by atoms with Gasteiger partial charge in [-0.25, -0.2) is 0 Å². The van der Waals surface area contributed by atoms with Crippen LogP contribution in [0.5, 0.6) is 11.5 Å². The van der Waals surface area contributed by atoms with Crippen molar-refractivity contribution < 1.29 is 29.3 Å².